The maximum absolute atomic E-state index is 12.3. The largest absolute Gasteiger partial charge is 0.481 e. The maximum atomic E-state index is 12.3. The quantitative estimate of drug-likeness (QED) is 0.903. The van der Waals surface area contributed by atoms with Crippen LogP contribution in [0.15, 0.2) is 24.4 Å². The third-order valence-corrected chi connectivity index (χ3v) is 3.65. The van der Waals surface area contributed by atoms with Crippen molar-refractivity contribution in [1.82, 2.24) is 14.8 Å². The van der Waals surface area contributed by atoms with Gasteiger partial charge in [0.2, 0.25) is 0 Å². The van der Waals surface area contributed by atoms with Crippen molar-refractivity contribution in [2.75, 3.05) is 20.1 Å². The van der Waals surface area contributed by atoms with E-state index in [9.17, 15) is 9.59 Å². The van der Waals surface area contributed by atoms with Gasteiger partial charge in [0, 0.05) is 26.3 Å². The van der Waals surface area contributed by atoms with Crippen LogP contribution in [0, 0.1) is 11.8 Å². The first-order chi connectivity index (χ1) is 9.49. The molecule has 0 saturated carbocycles. The van der Waals surface area contributed by atoms with E-state index in [0.29, 0.717) is 13.1 Å². The highest BCUT2D eigenvalue weighted by molar-refractivity contribution is 5.77. The van der Waals surface area contributed by atoms with Crippen LogP contribution in [-0.4, -0.2) is 52.0 Å². The summed E-state index contributed by atoms with van der Waals surface area (Å²) in [5.74, 6) is -1.32. The number of nitrogens with zero attached hydrogens (tertiary/aromatic N) is 3. The molecule has 0 bridgehead atoms. The number of urea groups is 1. The van der Waals surface area contributed by atoms with Crippen LogP contribution in [0.4, 0.5) is 4.79 Å². The van der Waals surface area contributed by atoms with Gasteiger partial charge >= 0.3 is 12.0 Å². The van der Waals surface area contributed by atoms with Gasteiger partial charge in [0.25, 0.3) is 0 Å². The smallest absolute Gasteiger partial charge is 0.320 e. The SMILES string of the molecule is CC1CN(C(=O)N(C)Cc2ccccn2)CC1C(=O)O. The third kappa shape index (κ3) is 3.07. The summed E-state index contributed by atoms with van der Waals surface area (Å²) in [4.78, 5) is 30.7. The molecular weight excluding hydrogens is 258 g/mol. The molecule has 0 spiro atoms. The summed E-state index contributed by atoms with van der Waals surface area (Å²) in [5.41, 5.74) is 0.811. The average molecular weight is 277 g/mol. The van der Waals surface area contributed by atoms with Crippen LogP contribution >= 0.6 is 0 Å². The third-order valence-electron chi connectivity index (χ3n) is 3.65. The first-order valence-corrected chi connectivity index (χ1v) is 6.61. The van der Waals surface area contributed by atoms with Crippen LogP contribution in [-0.2, 0) is 11.3 Å². The molecule has 6 nitrogen and oxygen atoms in total. The first-order valence-electron chi connectivity index (χ1n) is 6.61. The summed E-state index contributed by atoms with van der Waals surface area (Å²) >= 11 is 0. The Kier molecular flexibility index (Phi) is 4.22. The molecule has 0 aromatic carbocycles. The van der Waals surface area contributed by atoms with Crippen molar-refractivity contribution in [1.29, 1.82) is 0 Å². The molecule has 1 aromatic rings. The van der Waals surface area contributed by atoms with E-state index >= 15 is 0 Å². The molecule has 108 valence electrons. The Balaban J connectivity index is 1.96. The zero-order valence-electron chi connectivity index (χ0n) is 11.7. The van der Waals surface area contributed by atoms with Crippen LogP contribution in [0.2, 0.25) is 0 Å². The molecule has 6 heteroatoms. The zero-order valence-corrected chi connectivity index (χ0v) is 11.7. The van der Waals surface area contributed by atoms with Gasteiger partial charge in [-0.15, -0.1) is 0 Å². The van der Waals surface area contributed by atoms with E-state index in [4.69, 9.17) is 5.11 Å². The molecule has 2 atom stereocenters. The van der Waals surface area contributed by atoms with Crippen molar-refractivity contribution in [2.45, 2.75) is 13.5 Å². The second-order valence-corrected chi connectivity index (χ2v) is 5.29. The number of hydrogen-bond donors (Lipinski definition) is 1. The van der Waals surface area contributed by atoms with E-state index in [1.807, 2.05) is 25.1 Å². The van der Waals surface area contributed by atoms with E-state index in [1.165, 1.54) is 0 Å². The molecule has 1 aliphatic rings. The molecule has 0 aliphatic carbocycles. The molecule has 20 heavy (non-hydrogen) atoms. The molecule has 1 N–H and O–H groups in total. The lowest BCUT2D eigenvalue weighted by atomic mass is 9.99. The Hall–Kier alpha value is -2.11. The van der Waals surface area contributed by atoms with Gasteiger partial charge in [0.05, 0.1) is 18.2 Å². The lowest BCUT2D eigenvalue weighted by Crippen LogP contribution is -2.40. The summed E-state index contributed by atoms with van der Waals surface area (Å²) in [7, 11) is 1.70. The van der Waals surface area contributed by atoms with Gasteiger partial charge < -0.3 is 14.9 Å². The summed E-state index contributed by atoms with van der Waals surface area (Å²) in [6.45, 7) is 3.05. The van der Waals surface area contributed by atoms with Crippen molar-refractivity contribution in [3.8, 4) is 0 Å². The second kappa shape index (κ2) is 5.90. The van der Waals surface area contributed by atoms with Crippen molar-refractivity contribution in [3.63, 3.8) is 0 Å². The minimum Gasteiger partial charge on any atom is -0.481 e. The van der Waals surface area contributed by atoms with Crippen molar-refractivity contribution in [3.05, 3.63) is 30.1 Å². The molecule has 2 rings (SSSR count). The number of pyridine rings is 1. The molecule has 0 radical (unpaired) electrons. The van der Waals surface area contributed by atoms with Gasteiger partial charge in [-0.25, -0.2) is 4.79 Å². The summed E-state index contributed by atoms with van der Waals surface area (Å²) in [5, 5.41) is 9.10. The summed E-state index contributed by atoms with van der Waals surface area (Å²) in [6.07, 6.45) is 1.69. The lowest BCUT2D eigenvalue weighted by molar-refractivity contribution is -0.142. The molecule has 2 unspecified atom stereocenters. The number of aliphatic carboxylic acids is 1. The lowest BCUT2D eigenvalue weighted by Gasteiger charge is -2.24. The van der Waals surface area contributed by atoms with Gasteiger partial charge in [0.15, 0.2) is 0 Å². The molecule has 1 saturated heterocycles. The monoisotopic (exact) mass is 277 g/mol. The Morgan fingerprint density at radius 3 is 2.75 bits per heavy atom. The number of carbonyl (C=O) groups is 2. The molecular formula is C14H19N3O3. The summed E-state index contributed by atoms with van der Waals surface area (Å²) < 4.78 is 0. The van der Waals surface area contributed by atoms with E-state index in [0.717, 1.165) is 5.69 Å². The first kappa shape index (κ1) is 14.3. The Labute approximate surface area is 118 Å². The number of aromatic nitrogens is 1. The van der Waals surface area contributed by atoms with Gasteiger partial charge in [0.1, 0.15) is 0 Å². The predicted molar refractivity (Wildman–Crippen MR) is 73.0 cm³/mol. The number of rotatable bonds is 3. The van der Waals surface area contributed by atoms with Crippen molar-refractivity contribution in [2.24, 2.45) is 11.8 Å². The van der Waals surface area contributed by atoms with E-state index < -0.39 is 11.9 Å². The van der Waals surface area contributed by atoms with Crippen LogP contribution in [0.3, 0.4) is 0 Å². The molecule has 1 aromatic heterocycles. The van der Waals surface area contributed by atoms with Crippen LogP contribution in [0.25, 0.3) is 0 Å². The molecule has 1 fully saturated rings. The number of carbonyl (C=O) groups excluding carboxylic acids is 1. The fraction of sp³-hybridized carbons (Fsp3) is 0.500. The number of amides is 2. The average Bonchev–Trinajstić information content (AvgIpc) is 2.81. The van der Waals surface area contributed by atoms with E-state index in [-0.39, 0.29) is 18.5 Å². The number of carboxylic acid groups (broad SMARTS) is 1. The molecule has 2 heterocycles. The highest BCUT2D eigenvalue weighted by Crippen LogP contribution is 2.24. The van der Waals surface area contributed by atoms with Crippen LogP contribution in [0.5, 0.6) is 0 Å². The normalized spacial score (nSPS) is 21.8. The standard InChI is InChI=1S/C14H19N3O3/c1-10-7-17(9-12(10)13(18)19)14(20)16(2)8-11-5-3-4-6-15-11/h3-6,10,12H,7-9H2,1-2H3,(H,18,19). The van der Waals surface area contributed by atoms with Crippen molar-refractivity contribution >= 4 is 12.0 Å². The fourth-order valence-corrected chi connectivity index (χ4v) is 2.49. The number of carboxylic acids is 1. The topological polar surface area (TPSA) is 73.7 Å². The predicted octanol–water partition coefficient (Wildman–Crippen LogP) is 1.29. The Morgan fingerprint density at radius 2 is 2.20 bits per heavy atom. The number of hydrogen-bond acceptors (Lipinski definition) is 3. The highest BCUT2D eigenvalue weighted by atomic mass is 16.4. The molecule has 1 aliphatic heterocycles. The summed E-state index contributed by atoms with van der Waals surface area (Å²) in [6, 6.07) is 5.41. The zero-order chi connectivity index (χ0) is 14.7. The Bertz CT molecular complexity index is 492. The fourth-order valence-electron chi connectivity index (χ4n) is 2.49. The van der Waals surface area contributed by atoms with Crippen LogP contribution < -0.4 is 0 Å². The van der Waals surface area contributed by atoms with Gasteiger partial charge in [-0.2, -0.15) is 0 Å². The van der Waals surface area contributed by atoms with Gasteiger partial charge in [-0.1, -0.05) is 13.0 Å². The Morgan fingerprint density at radius 1 is 1.45 bits per heavy atom. The molecule has 2 amide bonds. The minimum atomic E-state index is -0.833. The highest BCUT2D eigenvalue weighted by Gasteiger charge is 2.37. The maximum Gasteiger partial charge on any atom is 0.320 e. The van der Waals surface area contributed by atoms with Crippen LogP contribution in [0.1, 0.15) is 12.6 Å². The van der Waals surface area contributed by atoms with Gasteiger partial charge in [-0.05, 0) is 18.1 Å². The number of likely N-dealkylation sites (tertiary alicyclic amines) is 1. The second-order valence-electron chi connectivity index (χ2n) is 5.29. The van der Waals surface area contributed by atoms with Crippen molar-refractivity contribution < 1.29 is 14.7 Å². The van der Waals surface area contributed by atoms with E-state index in [1.54, 1.807) is 23.0 Å². The van der Waals surface area contributed by atoms with E-state index in [2.05, 4.69) is 4.98 Å². The minimum absolute atomic E-state index is 0.0142. The van der Waals surface area contributed by atoms with Gasteiger partial charge in [-0.3, -0.25) is 9.78 Å².